The Morgan fingerprint density at radius 1 is 1.00 bits per heavy atom. The van der Waals surface area contributed by atoms with Crippen LogP contribution in [0.5, 0.6) is 0 Å². The van der Waals surface area contributed by atoms with Crippen molar-refractivity contribution in [2.45, 2.75) is 13.3 Å². The lowest BCUT2D eigenvalue weighted by atomic mass is 10.4. The molecule has 0 aliphatic rings. The zero-order chi connectivity index (χ0) is 12.6. The van der Waals surface area contributed by atoms with Crippen LogP contribution >= 0.6 is 0 Å². The minimum absolute atomic E-state index is 0.230. The molecule has 0 radical (unpaired) electrons. The van der Waals surface area contributed by atoms with Gasteiger partial charge in [0.15, 0.2) is 0 Å². The number of likely N-dealkylation sites (N-methyl/N-ethyl adjacent to an activating group) is 1. The van der Waals surface area contributed by atoms with Crippen LogP contribution in [0.25, 0.3) is 0 Å². The molecule has 0 aliphatic carbocycles. The third-order valence-corrected chi connectivity index (χ3v) is 2.12. The Morgan fingerprint density at radius 2 is 1.50 bits per heavy atom. The average molecular weight is 232 g/mol. The summed E-state index contributed by atoms with van der Waals surface area (Å²) in [7, 11) is 1.93. The summed E-state index contributed by atoms with van der Waals surface area (Å²) in [5.41, 5.74) is 0. The molecule has 0 fully saturated rings. The second-order valence-electron chi connectivity index (χ2n) is 3.80. The highest BCUT2D eigenvalue weighted by atomic mass is 16.4. The molecule has 0 aromatic heterocycles. The first-order valence-electron chi connectivity index (χ1n) is 5.30. The van der Waals surface area contributed by atoms with Gasteiger partial charge in [0.05, 0.1) is 13.1 Å². The lowest BCUT2D eigenvalue weighted by Crippen LogP contribution is -2.39. The van der Waals surface area contributed by atoms with Crippen LogP contribution in [0, 0.1) is 0 Å². The van der Waals surface area contributed by atoms with Gasteiger partial charge in [0, 0.05) is 13.1 Å². The van der Waals surface area contributed by atoms with Gasteiger partial charge in [0.1, 0.15) is 0 Å². The summed E-state index contributed by atoms with van der Waals surface area (Å²) in [6.45, 7) is 3.65. The van der Waals surface area contributed by atoms with Crippen LogP contribution in [-0.2, 0) is 9.59 Å². The highest BCUT2D eigenvalue weighted by Gasteiger charge is 2.13. The van der Waals surface area contributed by atoms with Crippen molar-refractivity contribution in [2.75, 3.05) is 39.8 Å². The van der Waals surface area contributed by atoms with E-state index >= 15 is 0 Å². The average Bonchev–Trinajstić information content (AvgIpc) is 2.13. The van der Waals surface area contributed by atoms with E-state index in [1.807, 2.05) is 7.05 Å². The summed E-state index contributed by atoms with van der Waals surface area (Å²) in [6, 6.07) is 0. The number of rotatable bonds is 9. The van der Waals surface area contributed by atoms with Gasteiger partial charge < -0.3 is 15.1 Å². The highest BCUT2D eigenvalue weighted by molar-refractivity contribution is 5.72. The van der Waals surface area contributed by atoms with E-state index < -0.39 is 11.9 Å². The Kier molecular flexibility index (Phi) is 7.49. The van der Waals surface area contributed by atoms with Gasteiger partial charge in [-0.15, -0.1) is 0 Å². The number of aliphatic carboxylic acids is 2. The standard InChI is InChI=1S/C10H20N2O4/c1-3-4-11(2)5-6-12(7-9(13)14)8-10(15)16/h3-8H2,1-2H3,(H,13,14)(H,15,16). The first-order chi connectivity index (χ1) is 7.45. The van der Waals surface area contributed by atoms with E-state index in [0.29, 0.717) is 13.1 Å². The highest BCUT2D eigenvalue weighted by Crippen LogP contribution is 1.92. The monoisotopic (exact) mass is 232 g/mol. The van der Waals surface area contributed by atoms with Crippen molar-refractivity contribution in [3.05, 3.63) is 0 Å². The van der Waals surface area contributed by atoms with Crippen molar-refractivity contribution in [2.24, 2.45) is 0 Å². The first-order valence-corrected chi connectivity index (χ1v) is 5.30. The largest absolute Gasteiger partial charge is 0.480 e. The van der Waals surface area contributed by atoms with E-state index in [1.165, 1.54) is 4.90 Å². The van der Waals surface area contributed by atoms with Gasteiger partial charge in [-0.05, 0) is 20.0 Å². The van der Waals surface area contributed by atoms with Gasteiger partial charge >= 0.3 is 11.9 Å². The molecule has 0 saturated heterocycles. The fourth-order valence-electron chi connectivity index (χ4n) is 1.40. The van der Waals surface area contributed by atoms with Gasteiger partial charge in [-0.25, -0.2) is 0 Å². The number of carbonyl (C=O) groups is 2. The third-order valence-electron chi connectivity index (χ3n) is 2.12. The Balaban J connectivity index is 3.99. The van der Waals surface area contributed by atoms with Crippen molar-refractivity contribution in [3.63, 3.8) is 0 Å². The van der Waals surface area contributed by atoms with Crippen LogP contribution in [0.3, 0.4) is 0 Å². The molecule has 6 heteroatoms. The summed E-state index contributed by atoms with van der Waals surface area (Å²) in [4.78, 5) is 24.5. The predicted molar refractivity (Wildman–Crippen MR) is 59.5 cm³/mol. The van der Waals surface area contributed by atoms with Gasteiger partial charge in [0.25, 0.3) is 0 Å². The van der Waals surface area contributed by atoms with Crippen molar-refractivity contribution in [1.29, 1.82) is 0 Å². The second-order valence-corrected chi connectivity index (χ2v) is 3.80. The van der Waals surface area contributed by atoms with Gasteiger partial charge in [-0.2, -0.15) is 0 Å². The maximum absolute atomic E-state index is 10.5. The number of hydrogen-bond acceptors (Lipinski definition) is 4. The van der Waals surface area contributed by atoms with E-state index in [2.05, 4.69) is 11.8 Å². The Morgan fingerprint density at radius 3 is 1.88 bits per heavy atom. The van der Waals surface area contributed by atoms with Crippen molar-refractivity contribution in [3.8, 4) is 0 Å². The molecular weight excluding hydrogens is 212 g/mol. The zero-order valence-electron chi connectivity index (χ0n) is 9.85. The van der Waals surface area contributed by atoms with Gasteiger partial charge in [-0.3, -0.25) is 14.5 Å². The number of nitrogens with zero attached hydrogens (tertiary/aromatic N) is 2. The van der Waals surface area contributed by atoms with Gasteiger partial charge in [0.2, 0.25) is 0 Å². The fourth-order valence-corrected chi connectivity index (χ4v) is 1.40. The van der Waals surface area contributed by atoms with Crippen molar-refractivity contribution < 1.29 is 19.8 Å². The molecule has 0 aliphatic heterocycles. The molecule has 0 saturated carbocycles. The van der Waals surface area contributed by atoms with Crippen LogP contribution in [0.4, 0.5) is 0 Å². The summed E-state index contributed by atoms with van der Waals surface area (Å²) >= 11 is 0. The Labute approximate surface area is 95.5 Å². The number of carboxylic acids is 2. The molecule has 0 aromatic carbocycles. The fraction of sp³-hybridized carbons (Fsp3) is 0.800. The molecule has 16 heavy (non-hydrogen) atoms. The molecule has 94 valence electrons. The van der Waals surface area contributed by atoms with Crippen LogP contribution in [0.1, 0.15) is 13.3 Å². The Hall–Kier alpha value is -1.14. The van der Waals surface area contributed by atoms with E-state index in [-0.39, 0.29) is 13.1 Å². The topological polar surface area (TPSA) is 81.1 Å². The lowest BCUT2D eigenvalue weighted by molar-refractivity contribution is -0.141. The van der Waals surface area contributed by atoms with E-state index in [1.54, 1.807) is 0 Å². The molecule has 0 bridgehead atoms. The van der Waals surface area contributed by atoms with Crippen molar-refractivity contribution >= 4 is 11.9 Å². The molecule has 0 heterocycles. The van der Waals surface area contributed by atoms with Crippen LogP contribution < -0.4 is 0 Å². The van der Waals surface area contributed by atoms with Crippen LogP contribution in [0.2, 0.25) is 0 Å². The summed E-state index contributed by atoms with van der Waals surface area (Å²) in [5.74, 6) is -2.00. The summed E-state index contributed by atoms with van der Waals surface area (Å²) < 4.78 is 0. The normalized spacial score (nSPS) is 11.0. The second kappa shape index (κ2) is 8.06. The SMILES string of the molecule is CCCN(C)CCN(CC(=O)O)CC(=O)O. The summed E-state index contributed by atoms with van der Waals surface area (Å²) in [5, 5.41) is 17.2. The molecular formula is C10H20N2O4. The molecule has 6 nitrogen and oxygen atoms in total. The third kappa shape index (κ3) is 8.19. The lowest BCUT2D eigenvalue weighted by Gasteiger charge is -2.22. The quantitative estimate of drug-likeness (QED) is 0.573. The molecule has 0 rings (SSSR count). The van der Waals surface area contributed by atoms with E-state index in [0.717, 1.165) is 13.0 Å². The molecule has 0 spiro atoms. The predicted octanol–water partition coefficient (Wildman–Crippen LogP) is -0.201. The first kappa shape index (κ1) is 14.9. The summed E-state index contributed by atoms with van der Waals surface area (Å²) in [6.07, 6.45) is 1.02. The molecule has 0 aromatic rings. The maximum Gasteiger partial charge on any atom is 0.317 e. The Bertz CT molecular complexity index is 217. The minimum atomic E-state index is -1.00. The van der Waals surface area contributed by atoms with Crippen molar-refractivity contribution in [1.82, 2.24) is 9.80 Å². The smallest absolute Gasteiger partial charge is 0.317 e. The van der Waals surface area contributed by atoms with Crippen LogP contribution in [0.15, 0.2) is 0 Å². The maximum atomic E-state index is 10.5. The van der Waals surface area contributed by atoms with E-state index in [9.17, 15) is 9.59 Å². The van der Waals surface area contributed by atoms with E-state index in [4.69, 9.17) is 10.2 Å². The van der Waals surface area contributed by atoms with Gasteiger partial charge in [-0.1, -0.05) is 6.92 Å². The minimum Gasteiger partial charge on any atom is -0.480 e. The number of carboxylic acid groups (broad SMARTS) is 2. The molecule has 0 atom stereocenters. The number of hydrogen-bond donors (Lipinski definition) is 2. The molecule has 0 unspecified atom stereocenters. The zero-order valence-corrected chi connectivity index (χ0v) is 9.85. The molecule has 2 N–H and O–H groups in total. The molecule has 0 amide bonds. The van der Waals surface area contributed by atoms with Crippen LogP contribution in [-0.4, -0.2) is 71.7 Å².